The van der Waals surface area contributed by atoms with Gasteiger partial charge in [0.25, 0.3) is 0 Å². The number of benzene rings is 3. The summed E-state index contributed by atoms with van der Waals surface area (Å²) in [6, 6.07) is 9.71. The zero-order valence-corrected chi connectivity index (χ0v) is 43.0. The molecule has 21 heteroatoms. The van der Waals surface area contributed by atoms with E-state index in [4.69, 9.17) is 10.5 Å². The van der Waals surface area contributed by atoms with Crippen LogP contribution in [0.1, 0.15) is 82.6 Å². The van der Waals surface area contributed by atoms with E-state index >= 15 is 0 Å². The van der Waals surface area contributed by atoms with Gasteiger partial charge < -0.3 is 62.6 Å². The Kier molecular flexibility index (Phi) is 23.1. The third-order valence-electron chi connectivity index (χ3n) is 12.1. The molecule has 21 nitrogen and oxygen atoms in total. The molecule has 0 radical (unpaired) electrons. The maximum absolute atomic E-state index is 15.0. The number of cyclic esters (lactones) is 1. The molecule has 1 saturated heterocycles. The number of carbonyl (C=O) groups is 9. The fraction of sp³-hybridized carbons (Fsp3) is 0.426. The van der Waals surface area contributed by atoms with Gasteiger partial charge in [-0.25, -0.2) is 4.79 Å². The maximum atomic E-state index is 15.0. The summed E-state index contributed by atoms with van der Waals surface area (Å²) >= 11 is 0. The van der Waals surface area contributed by atoms with Crippen LogP contribution in [0.3, 0.4) is 0 Å². The molecule has 75 heavy (non-hydrogen) atoms. The lowest BCUT2D eigenvalue weighted by molar-refractivity contribution is -0.159. The number of phenols is 1. The highest BCUT2D eigenvalue weighted by Crippen LogP contribution is 2.19. The van der Waals surface area contributed by atoms with E-state index in [9.17, 15) is 58.5 Å². The predicted molar refractivity (Wildman–Crippen MR) is 277 cm³/mol. The maximum Gasteiger partial charge on any atom is 0.331 e. The van der Waals surface area contributed by atoms with Gasteiger partial charge in [0.1, 0.15) is 48.1 Å². The molecule has 1 fully saturated rings. The Morgan fingerprint density at radius 2 is 1.29 bits per heavy atom. The molecule has 9 unspecified atom stereocenters. The van der Waals surface area contributed by atoms with Gasteiger partial charge in [-0.2, -0.15) is 0 Å². The number of hydrogen-bond donors (Lipinski definition) is 10. The van der Waals surface area contributed by atoms with Crippen LogP contribution in [0.15, 0.2) is 91.0 Å². The minimum Gasteiger partial charge on any atom is -0.508 e. The van der Waals surface area contributed by atoms with Crippen molar-refractivity contribution in [2.24, 2.45) is 11.7 Å². The van der Waals surface area contributed by atoms with E-state index in [0.29, 0.717) is 16.7 Å². The largest absolute Gasteiger partial charge is 0.508 e. The van der Waals surface area contributed by atoms with Crippen LogP contribution in [0.5, 0.6) is 5.75 Å². The summed E-state index contributed by atoms with van der Waals surface area (Å²) in [5, 5.41) is 46.2. The second-order valence-electron chi connectivity index (χ2n) is 18.8. The van der Waals surface area contributed by atoms with Crippen molar-refractivity contribution < 1.29 is 63.2 Å². The SMILES string of the molecule is CCCC=Cc1ccccc1C=CC(=O)NC1C(=O)N(C)C(Cc2ccc(O)cc2)C(=O)NC(CC(C)C)C(=O)NC(Cc2ccccc2)C(=O)NC(C(C)O)C(=O)NC(CC(N)=O)C(=O)NC(CO)C(=O)OC1C. The van der Waals surface area contributed by atoms with Crippen LogP contribution in [0.25, 0.3) is 12.2 Å². The summed E-state index contributed by atoms with van der Waals surface area (Å²) in [5.41, 5.74) is 7.88. The number of phenolic OH excluding ortho intramolecular Hbond substituents is 1. The van der Waals surface area contributed by atoms with Gasteiger partial charge in [-0.05, 0) is 73.1 Å². The summed E-state index contributed by atoms with van der Waals surface area (Å²) < 4.78 is 5.65. The monoisotopic (exact) mass is 1040 g/mol. The summed E-state index contributed by atoms with van der Waals surface area (Å²) in [6.07, 6.45) is 3.75. The number of hydrogen-bond acceptors (Lipinski definition) is 13. The van der Waals surface area contributed by atoms with Crippen LogP contribution in [0.4, 0.5) is 0 Å². The van der Waals surface area contributed by atoms with Crippen molar-refractivity contribution in [3.05, 3.63) is 113 Å². The molecular weight excluding hydrogens is 969 g/mol. The summed E-state index contributed by atoms with van der Waals surface area (Å²) in [4.78, 5) is 127. The number of rotatable bonds is 16. The Bertz CT molecular complexity index is 2540. The van der Waals surface area contributed by atoms with Gasteiger partial charge in [0.05, 0.1) is 19.1 Å². The molecule has 0 bridgehead atoms. The van der Waals surface area contributed by atoms with E-state index in [2.05, 4.69) is 31.9 Å². The number of allylic oxidation sites excluding steroid dienone is 1. The molecule has 404 valence electrons. The number of aliphatic hydroxyl groups excluding tert-OH is 2. The first kappa shape index (κ1) is 59.7. The quantitative estimate of drug-likeness (QED) is 0.0698. The van der Waals surface area contributed by atoms with Gasteiger partial charge in [0.15, 0.2) is 6.04 Å². The number of aliphatic hydroxyl groups is 2. The molecule has 3 aromatic carbocycles. The molecule has 8 amide bonds. The third-order valence-corrected chi connectivity index (χ3v) is 12.1. The molecule has 11 N–H and O–H groups in total. The summed E-state index contributed by atoms with van der Waals surface area (Å²) in [6.45, 7) is 6.87. The number of nitrogens with one attached hydrogen (secondary N) is 6. The topological polar surface area (TPSA) is 325 Å². The predicted octanol–water partition coefficient (Wildman–Crippen LogP) is 0.680. The number of nitrogens with two attached hydrogens (primary N) is 1. The van der Waals surface area contributed by atoms with Crippen molar-refractivity contribution in [1.29, 1.82) is 0 Å². The molecule has 0 aromatic heterocycles. The highest BCUT2D eigenvalue weighted by Gasteiger charge is 2.40. The van der Waals surface area contributed by atoms with Crippen molar-refractivity contribution in [3.63, 3.8) is 0 Å². The smallest absolute Gasteiger partial charge is 0.331 e. The second kappa shape index (κ2) is 29.1. The Labute approximate surface area is 436 Å². The van der Waals surface area contributed by atoms with Crippen molar-refractivity contribution in [2.45, 2.75) is 128 Å². The zero-order chi connectivity index (χ0) is 55.4. The molecular formula is C54H70N8O13. The number of carbonyl (C=O) groups excluding carboxylic acids is 9. The van der Waals surface area contributed by atoms with Crippen molar-refractivity contribution in [3.8, 4) is 5.75 Å². The van der Waals surface area contributed by atoms with E-state index in [1.807, 2.05) is 31.2 Å². The number of aromatic hydroxyl groups is 1. The highest BCUT2D eigenvalue weighted by molar-refractivity contribution is 6.00. The number of nitrogens with zero attached hydrogens (tertiary/aromatic N) is 1. The van der Waals surface area contributed by atoms with E-state index in [-0.39, 0.29) is 30.9 Å². The first-order valence-corrected chi connectivity index (χ1v) is 24.7. The number of ether oxygens (including phenoxy) is 1. The lowest BCUT2D eigenvalue weighted by Gasteiger charge is -2.34. The number of primary amides is 1. The lowest BCUT2D eigenvalue weighted by atomic mass is 9.98. The molecule has 9 atom stereocenters. The van der Waals surface area contributed by atoms with E-state index in [1.54, 1.807) is 56.3 Å². The fourth-order valence-corrected chi connectivity index (χ4v) is 7.99. The van der Waals surface area contributed by atoms with Crippen LogP contribution >= 0.6 is 0 Å². The average Bonchev–Trinajstić information content (AvgIpc) is 3.36. The first-order chi connectivity index (χ1) is 35.6. The molecule has 0 aliphatic carbocycles. The van der Waals surface area contributed by atoms with Crippen molar-refractivity contribution in [1.82, 2.24) is 36.8 Å². The molecule has 4 rings (SSSR count). The van der Waals surface area contributed by atoms with E-state index in [0.717, 1.165) is 36.3 Å². The van der Waals surface area contributed by atoms with Crippen LogP contribution in [0.2, 0.25) is 0 Å². The number of likely N-dealkylation sites (N-methyl/N-ethyl adjacent to an activating group) is 1. The van der Waals surface area contributed by atoms with Gasteiger partial charge in [0.2, 0.25) is 47.3 Å². The summed E-state index contributed by atoms with van der Waals surface area (Å²) in [5.74, 6) is -9.75. The second-order valence-corrected chi connectivity index (χ2v) is 18.8. The van der Waals surface area contributed by atoms with Crippen LogP contribution < -0.4 is 37.6 Å². The molecule has 0 saturated carbocycles. The Morgan fingerprint density at radius 3 is 1.89 bits per heavy atom. The molecule has 1 aliphatic heterocycles. The number of esters is 1. The molecule has 1 aliphatic rings. The van der Waals surface area contributed by atoms with Gasteiger partial charge >= 0.3 is 5.97 Å². The highest BCUT2D eigenvalue weighted by atomic mass is 16.5. The summed E-state index contributed by atoms with van der Waals surface area (Å²) in [7, 11) is 1.26. The van der Waals surface area contributed by atoms with Gasteiger partial charge in [-0.1, -0.05) is 106 Å². The van der Waals surface area contributed by atoms with E-state index < -0.39 is 121 Å². The minimum atomic E-state index is -1.92. The van der Waals surface area contributed by atoms with Gasteiger partial charge in [-0.3, -0.25) is 38.4 Å². The molecule has 1 heterocycles. The minimum absolute atomic E-state index is 0.00438. The van der Waals surface area contributed by atoms with Crippen LogP contribution in [0, 0.1) is 5.92 Å². The van der Waals surface area contributed by atoms with E-state index in [1.165, 1.54) is 44.3 Å². The Morgan fingerprint density at radius 1 is 0.733 bits per heavy atom. The van der Waals surface area contributed by atoms with Crippen molar-refractivity contribution in [2.75, 3.05) is 13.7 Å². The molecule has 3 aromatic rings. The first-order valence-electron chi connectivity index (χ1n) is 24.7. The molecule has 0 spiro atoms. The van der Waals surface area contributed by atoms with Crippen LogP contribution in [-0.2, 0) is 60.7 Å². The van der Waals surface area contributed by atoms with Gasteiger partial charge in [0, 0.05) is 26.0 Å². The number of unbranched alkanes of at least 4 members (excludes halogenated alkanes) is 1. The normalized spacial score (nSPS) is 23.5. The Hall–Kier alpha value is -7.91. The average molecular weight is 1040 g/mol. The zero-order valence-electron chi connectivity index (χ0n) is 43.0. The van der Waals surface area contributed by atoms with Crippen LogP contribution in [-0.4, -0.2) is 142 Å². The lowest BCUT2D eigenvalue weighted by Crippen LogP contribution is -2.63. The van der Waals surface area contributed by atoms with Crippen molar-refractivity contribution >= 4 is 65.4 Å². The van der Waals surface area contributed by atoms with Gasteiger partial charge in [-0.15, -0.1) is 0 Å². The Balaban J connectivity index is 1.89. The third kappa shape index (κ3) is 18.5. The fourth-order valence-electron chi connectivity index (χ4n) is 7.99. The standard InChI is InChI=1S/C54H70N8O13/c1-7-8-10-17-36-18-13-14-19-37(36)22-25-45(67)60-47-33(5)75-54(74)42(30-63)59-49(69)41(29-44(55)66)58-52(72)46(32(4)64)61-50(70)40(27-34-15-11-9-12-16-34)56-48(68)39(26-31(2)3)57-51(71)43(62(6)53(47)73)28-35-20-23-38(65)24-21-35/h9-25,31-33,39-43,46-47,63-65H,7-8,26-30H2,1-6H3,(H2,55,66)(H,56,68)(H,57,71)(H,58,72)(H,59,69)(H,60,67)(H,61,70). The number of amides is 8.